The summed E-state index contributed by atoms with van der Waals surface area (Å²) in [5, 5.41) is 7.93. The minimum Gasteiger partial charge on any atom is -0.378 e. The topological polar surface area (TPSA) is 114 Å². The van der Waals surface area contributed by atoms with Crippen LogP contribution in [0.2, 0.25) is 0 Å². The van der Waals surface area contributed by atoms with E-state index in [4.69, 9.17) is 14.6 Å². The van der Waals surface area contributed by atoms with Gasteiger partial charge in [-0.15, -0.1) is 0 Å². The molecule has 0 radical (unpaired) electrons. The zero-order valence-corrected chi connectivity index (χ0v) is 18.2. The van der Waals surface area contributed by atoms with Crippen LogP contribution in [0.5, 0.6) is 0 Å². The van der Waals surface area contributed by atoms with E-state index in [0.29, 0.717) is 64.0 Å². The Balaban J connectivity index is 1.61. The SMILES string of the molecule is NS(=O)(=O)c1ccc(N2CCOCC2)c(C(=O)Nc2ccc(N3CCOCC3)c(F)c2)c1. The van der Waals surface area contributed by atoms with Gasteiger partial charge in [0.2, 0.25) is 10.0 Å². The van der Waals surface area contributed by atoms with Gasteiger partial charge in [-0.2, -0.15) is 0 Å². The number of halogens is 1. The van der Waals surface area contributed by atoms with Crippen LogP contribution in [-0.4, -0.2) is 66.9 Å². The van der Waals surface area contributed by atoms with E-state index in [1.807, 2.05) is 9.80 Å². The second kappa shape index (κ2) is 9.41. The van der Waals surface area contributed by atoms with Crippen LogP contribution in [0, 0.1) is 5.82 Å². The Hall–Kier alpha value is -2.73. The molecule has 0 atom stereocenters. The highest BCUT2D eigenvalue weighted by Gasteiger charge is 2.22. The molecule has 0 spiro atoms. The average Bonchev–Trinajstić information content (AvgIpc) is 2.79. The predicted octanol–water partition coefficient (Wildman–Crippen LogP) is 1.40. The van der Waals surface area contributed by atoms with Crippen LogP contribution in [0.3, 0.4) is 0 Å². The number of rotatable bonds is 5. The molecule has 2 heterocycles. The Labute approximate surface area is 185 Å². The number of ether oxygens (including phenoxy) is 2. The highest BCUT2D eigenvalue weighted by Crippen LogP contribution is 2.28. The van der Waals surface area contributed by atoms with Crippen molar-refractivity contribution in [3.05, 3.63) is 47.8 Å². The number of nitrogens with two attached hydrogens (primary N) is 1. The van der Waals surface area contributed by atoms with E-state index in [1.165, 1.54) is 18.2 Å². The highest BCUT2D eigenvalue weighted by atomic mass is 32.2. The Morgan fingerprint density at radius 1 is 0.906 bits per heavy atom. The number of morpholine rings is 2. The van der Waals surface area contributed by atoms with Crippen LogP contribution in [0.15, 0.2) is 41.3 Å². The highest BCUT2D eigenvalue weighted by molar-refractivity contribution is 7.89. The van der Waals surface area contributed by atoms with Crippen LogP contribution in [0.4, 0.5) is 21.5 Å². The molecular weight excluding hydrogens is 439 g/mol. The Morgan fingerprint density at radius 3 is 2.03 bits per heavy atom. The lowest BCUT2D eigenvalue weighted by atomic mass is 10.1. The van der Waals surface area contributed by atoms with Gasteiger partial charge in [0.05, 0.1) is 42.6 Å². The summed E-state index contributed by atoms with van der Waals surface area (Å²) in [6.45, 7) is 4.33. The summed E-state index contributed by atoms with van der Waals surface area (Å²) in [6, 6.07) is 8.65. The van der Waals surface area contributed by atoms with Crippen LogP contribution >= 0.6 is 0 Å². The number of carbonyl (C=O) groups is 1. The maximum atomic E-state index is 14.7. The molecule has 2 fully saturated rings. The summed E-state index contributed by atoms with van der Waals surface area (Å²) >= 11 is 0. The van der Waals surface area contributed by atoms with Crippen LogP contribution in [0.25, 0.3) is 0 Å². The molecule has 0 bridgehead atoms. The summed E-state index contributed by atoms with van der Waals surface area (Å²) in [5.41, 5.74) is 1.40. The van der Waals surface area contributed by atoms with Gasteiger partial charge in [0.15, 0.2) is 0 Å². The Bertz CT molecular complexity index is 1100. The Kier molecular flexibility index (Phi) is 6.60. The molecule has 2 aromatic rings. The van der Waals surface area contributed by atoms with Crippen molar-refractivity contribution in [1.82, 2.24) is 0 Å². The number of anilines is 3. The van der Waals surface area contributed by atoms with Crippen molar-refractivity contribution >= 4 is 33.0 Å². The number of nitrogens with one attached hydrogen (secondary N) is 1. The van der Waals surface area contributed by atoms with Crippen molar-refractivity contribution in [2.24, 2.45) is 5.14 Å². The predicted molar refractivity (Wildman–Crippen MR) is 118 cm³/mol. The smallest absolute Gasteiger partial charge is 0.257 e. The minimum atomic E-state index is -4.00. The van der Waals surface area contributed by atoms with E-state index < -0.39 is 21.7 Å². The third-order valence-electron chi connectivity index (χ3n) is 5.45. The van der Waals surface area contributed by atoms with Crippen molar-refractivity contribution < 1.29 is 27.1 Å². The molecule has 1 amide bonds. The molecule has 2 aromatic carbocycles. The molecule has 0 aliphatic carbocycles. The summed E-state index contributed by atoms with van der Waals surface area (Å²) in [7, 11) is -4.00. The first kappa shape index (κ1) is 22.5. The molecule has 172 valence electrons. The maximum Gasteiger partial charge on any atom is 0.257 e. The van der Waals surface area contributed by atoms with Crippen molar-refractivity contribution in [3.8, 4) is 0 Å². The molecular formula is C21H25FN4O5S. The molecule has 3 N–H and O–H groups in total. The summed E-state index contributed by atoms with van der Waals surface area (Å²) in [5.74, 6) is -1.02. The zero-order chi connectivity index (χ0) is 22.7. The zero-order valence-electron chi connectivity index (χ0n) is 17.4. The van der Waals surface area contributed by atoms with Crippen molar-refractivity contribution in [1.29, 1.82) is 0 Å². The van der Waals surface area contributed by atoms with Crippen molar-refractivity contribution in [2.45, 2.75) is 4.90 Å². The van der Waals surface area contributed by atoms with Gasteiger partial charge in [0, 0.05) is 37.6 Å². The summed E-state index contributed by atoms with van der Waals surface area (Å²) in [4.78, 5) is 16.8. The van der Waals surface area contributed by atoms with Crippen molar-refractivity contribution in [2.75, 3.05) is 67.7 Å². The lowest BCUT2D eigenvalue weighted by Crippen LogP contribution is -2.37. The number of hydrogen-bond acceptors (Lipinski definition) is 7. The molecule has 2 aliphatic heterocycles. The Morgan fingerprint density at radius 2 is 1.47 bits per heavy atom. The summed E-state index contributed by atoms with van der Waals surface area (Å²) < 4.78 is 49.1. The first-order valence-corrected chi connectivity index (χ1v) is 11.8. The van der Waals surface area contributed by atoms with E-state index in [1.54, 1.807) is 18.2 Å². The number of primary sulfonamides is 1. The van der Waals surface area contributed by atoms with Crippen LogP contribution < -0.4 is 20.3 Å². The fourth-order valence-electron chi connectivity index (χ4n) is 3.80. The van der Waals surface area contributed by atoms with E-state index in [0.717, 1.165) is 0 Å². The van der Waals surface area contributed by atoms with Gasteiger partial charge in [-0.25, -0.2) is 17.9 Å². The van der Waals surface area contributed by atoms with E-state index >= 15 is 0 Å². The summed E-state index contributed by atoms with van der Waals surface area (Å²) in [6.07, 6.45) is 0. The lowest BCUT2D eigenvalue weighted by molar-refractivity contribution is 0.102. The maximum absolute atomic E-state index is 14.7. The van der Waals surface area contributed by atoms with E-state index in [-0.39, 0.29) is 16.1 Å². The lowest BCUT2D eigenvalue weighted by Gasteiger charge is -2.30. The molecule has 2 aliphatic rings. The van der Waals surface area contributed by atoms with E-state index in [2.05, 4.69) is 5.32 Å². The molecule has 0 unspecified atom stereocenters. The van der Waals surface area contributed by atoms with Crippen LogP contribution in [-0.2, 0) is 19.5 Å². The number of benzene rings is 2. The van der Waals surface area contributed by atoms with Gasteiger partial charge < -0.3 is 24.6 Å². The van der Waals surface area contributed by atoms with Crippen molar-refractivity contribution in [3.63, 3.8) is 0 Å². The fraction of sp³-hybridized carbons (Fsp3) is 0.381. The molecule has 0 aromatic heterocycles. The molecule has 9 nitrogen and oxygen atoms in total. The third kappa shape index (κ3) is 5.01. The number of sulfonamides is 1. The fourth-order valence-corrected chi connectivity index (χ4v) is 4.34. The largest absolute Gasteiger partial charge is 0.378 e. The van der Waals surface area contributed by atoms with Gasteiger partial charge in [-0.05, 0) is 36.4 Å². The molecule has 0 saturated carbocycles. The van der Waals surface area contributed by atoms with Crippen LogP contribution in [0.1, 0.15) is 10.4 Å². The first-order valence-electron chi connectivity index (χ1n) is 10.3. The van der Waals surface area contributed by atoms with E-state index in [9.17, 15) is 17.6 Å². The number of amides is 1. The molecule has 32 heavy (non-hydrogen) atoms. The van der Waals surface area contributed by atoms with Gasteiger partial charge in [0.1, 0.15) is 5.82 Å². The van der Waals surface area contributed by atoms with Gasteiger partial charge in [-0.1, -0.05) is 0 Å². The van der Waals surface area contributed by atoms with Gasteiger partial charge >= 0.3 is 0 Å². The van der Waals surface area contributed by atoms with Gasteiger partial charge in [0.25, 0.3) is 5.91 Å². The average molecular weight is 465 g/mol. The number of nitrogens with zero attached hydrogens (tertiary/aromatic N) is 2. The second-order valence-electron chi connectivity index (χ2n) is 7.54. The normalized spacial score (nSPS) is 17.3. The second-order valence-corrected chi connectivity index (χ2v) is 9.10. The molecule has 2 saturated heterocycles. The molecule has 11 heteroatoms. The standard InChI is InChI=1S/C21H25FN4O5S/c22-18-13-15(1-3-20(18)26-7-11-31-12-8-26)24-21(27)17-14-16(32(23,28)29)2-4-19(17)25-5-9-30-10-6-25/h1-4,13-14H,5-12H2,(H,24,27)(H2,23,28,29). The number of carbonyl (C=O) groups excluding carboxylic acids is 1. The molecule has 4 rings (SSSR count). The third-order valence-corrected chi connectivity index (χ3v) is 6.36. The quantitative estimate of drug-likeness (QED) is 0.688. The van der Waals surface area contributed by atoms with Gasteiger partial charge in [-0.3, -0.25) is 4.79 Å². The number of hydrogen-bond donors (Lipinski definition) is 2. The monoisotopic (exact) mass is 464 g/mol. The first-order chi connectivity index (χ1) is 15.3. The minimum absolute atomic E-state index is 0.135.